The van der Waals surface area contributed by atoms with E-state index in [1.165, 1.54) is 23.1 Å². The van der Waals surface area contributed by atoms with Gasteiger partial charge in [-0.2, -0.15) is 0 Å². The van der Waals surface area contributed by atoms with Crippen molar-refractivity contribution in [2.45, 2.75) is 71.8 Å². The number of rotatable bonds is 4. The van der Waals surface area contributed by atoms with E-state index in [9.17, 15) is 5.11 Å². The van der Waals surface area contributed by atoms with Gasteiger partial charge in [-0.3, -0.25) is 5.32 Å². The van der Waals surface area contributed by atoms with E-state index in [2.05, 4.69) is 38.2 Å². The summed E-state index contributed by atoms with van der Waals surface area (Å²) in [4.78, 5) is 0. The van der Waals surface area contributed by atoms with Gasteiger partial charge in [-0.1, -0.05) is 30.5 Å². The zero-order valence-corrected chi connectivity index (χ0v) is 13.1. The lowest BCUT2D eigenvalue weighted by molar-refractivity contribution is 0.0577. The van der Waals surface area contributed by atoms with Crippen LogP contribution in [0.1, 0.15) is 49.3 Å². The van der Waals surface area contributed by atoms with E-state index in [1.807, 2.05) is 6.92 Å². The molecular weight excluding hydrogens is 250 g/mol. The Morgan fingerprint density at radius 2 is 1.75 bits per heavy atom. The highest BCUT2D eigenvalue weighted by atomic mass is 16.5. The monoisotopic (exact) mass is 277 g/mol. The van der Waals surface area contributed by atoms with Crippen LogP contribution in [0, 0.1) is 20.8 Å². The van der Waals surface area contributed by atoms with Crippen LogP contribution < -0.4 is 10.1 Å². The van der Waals surface area contributed by atoms with Crippen LogP contribution in [-0.4, -0.2) is 23.5 Å². The first-order valence-corrected chi connectivity index (χ1v) is 7.66. The first kappa shape index (κ1) is 15.3. The fraction of sp³-hybridized carbons (Fsp3) is 0.647. The summed E-state index contributed by atoms with van der Waals surface area (Å²) in [6.07, 6.45) is 3.91. The Morgan fingerprint density at radius 3 is 2.35 bits per heavy atom. The van der Waals surface area contributed by atoms with Gasteiger partial charge in [-0.25, -0.2) is 0 Å². The maximum atomic E-state index is 10.0. The molecule has 1 saturated carbocycles. The number of ether oxygens (including phenoxy) is 1. The van der Waals surface area contributed by atoms with E-state index in [1.54, 1.807) is 0 Å². The van der Waals surface area contributed by atoms with Gasteiger partial charge in [0.25, 0.3) is 0 Å². The largest absolute Gasteiger partial charge is 0.475 e. The van der Waals surface area contributed by atoms with Crippen molar-refractivity contribution >= 4 is 0 Å². The molecule has 3 nitrogen and oxygen atoms in total. The Morgan fingerprint density at radius 1 is 1.15 bits per heavy atom. The van der Waals surface area contributed by atoms with Gasteiger partial charge in [0, 0.05) is 6.04 Å². The highest BCUT2D eigenvalue weighted by Gasteiger charge is 2.24. The van der Waals surface area contributed by atoms with Crippen LogP contribution in [0.15, 0.2) is 12.1 Å². The number of hydrogen-bond acceptors (Lipinski definition) is 3. The molecule has 0 saturated heterocycles. The van der Waals surface area contributed by atoms with Crippen LogP contribution in [0.4, 0.5) is 0 Å². The van der Waals surface area contributed by atoms with Crippen LogP contribution >= 0.6 is 0 Å². The summed E-state index contributed by atoms with van der Waals surface area (Å²) in [6.45, 7) is 8.28. The third-order valence-corrected chi connectivity index (χ3v) is 4.08. The molecule has 0 bridgehead atoms. The Kier molecular flexibility index (Phi) is 5.06. The molecule has 2 rings (SSSR count). The third-order valence-electron chi connectivity index (χ3n) is 4.08. The van der Waals surface area contributed by atoms with Gasteiger partial charge in [0.1, 0.15) is 12.0 Å². The molecule has 3 atom stereocenters. The summed E-state index contributed by atoms with van der Waals surface area (Å²) in [5.74, 6) is 0.959. The number of benzene rings is 1. The van der Waals surface area contributed by atoms with E-state index in [0.717, 1.165) is 25.0 Å². The number of nitrogens with one attached hydrogen (secondary N) is 1. The topological polar surface area (TPSA) is 41.5 Å². The first-order valence-electron chi connectivity index (χ1n) is 7.66. The van der Waals surface area contributed by atoms with Crippen LogP contribution in [0.5, 0.6) is 5.75 Å². The second-order valence-corrected chi connectivity index (χ2v) is 6.11. The summed E-state index contributed by atoms with van der Waals surface area (Å²) in [7, 11) is 0. The first-order chi connectivity index (χ1) is 9.47. The molecule has 0 amide bonds. The Labute approximate surface area is 122 Å². The molecule has 20 heavy (non-hydrogen) atoms. The lowest BCUT2D eigenvalue weighted by Gasteiger charge is -2.31. The Balaban J connectivity index is 1.99. The predicted octanol–water partition coefficient (Wildman–Crippen LogP) is 3.23. The van der Waals surface area contributed by atoms with Crippen molar-refractivity contribution in [3.05, 3.63) is 28.8 Å². The normalized spacial score (nSPS) is 24.4. The van der Waals surface area contributed by atoms with E-state index >= 15 is 0 Å². The highest BCUT2D eigenvalue weighted by molar-refractivity contribution is 5.43. The Bertz CT molecular complexity index is 435. The van der Waals surface area contributed by atoms with E-state index in [0.29, 0.717) is 0 Å². The van der Waals surface area contributed by atoms with E-state index in [-0.39, 0.29) is 18.4 Å². The molecular formula is C17H27NO2. The summed E-state index contributed by atoms with van der Waals surface area (Å²) in [5.41, 5.74) is 3.59. The predicted molar refractivity (Wildman–Crippen MR) is 82.1 cm³/mol. The van der Waals surface area contributed by atoms with Crippen molar-refractivity contribution in [1.82, 2.24) is 5.32 Å². The standard InChI is InChI=1S/C17H27NO2/c1-11-9-12(2)17(13(3)10-11)20-14(4)18-15-7-5-6-8-16(15)19/h9-10,14-16,18-19H,5-8H2,1-4H3/t14?,15-,16-/m0/s1. The summed E-state index contributed by atoms with van der Waals surface area (Å²) in [5, 5.41) is 13.4. The molecule has 1 aromatic carbocycles. The molecule has 1 unspecified atom stereocenters. The molecule has 0 aromatic heterocycles. The SMILES string of the molecule is Cc1cc(C)c(OC(C)N[C@H]2CCCC[C@@H]2O)c(C)c1. The number of aliphatic hydroxyl groups excluding tert-OH is 1. The average Bonchev–Trinajstić information content (AvgIpc) is 2.36. The highest BCUT2D eigenvalue weighted by Crippen LogP contribution is 2.26. The molecule has 1 aromatic rings. The van der Waals surface area contributed by atoms with Gasteiger partial charge in [0.2, 0.25) is 0 Å². The van der Waals surface area contributed by atoms with Gasteiger partial charge >= 0.3 is 0 Å². The molecule has 0 spiro atoms. The quantitative estimate of drug-likeness (QED) is 0.830. The maximum Gasteiger partial charge on any atom is 0.147 e. The minimum absolute atomic E-state index is 0.0899. The van der Waals surface area contributed by atoms with Crippen LogP contribution in [0.25, 0.3) is 0 Å². The van der Waals surface area contributed by atoms with Crippen molar-refractivity contribution < 1.29 is 9.84 Å². The van der Waals surface area contributed by atoms with Crippen molar-refractivity contribution in [3.8, 4) is 5.75 Å². The van der Waals surface area contributed by atoms with Gasteiger partial charge < -0.3 is 9.84 Å². The summed E-state index contributed by atoms with van der Waals surface area (Å²) < 4.78 is 6.06. The molecule has 112 valence electrons. The lowest BCUT2D eigenvalue weighted by atomic mass is 9.92. The van der Waals surface area contributed by atoms with Gasteiger partial charge in [-0.15, -0.1) is 0 Å². The number of aryl methyl sites for hydroxylation is 3. The third kappa shape index (κ3) is 3.74. The van der Waals surface area contributed by atoms with Gasteiger partial charge in [0.05, 0.1) is 6.10 Å². The number of aliphatic hydroxyl groups is 1. The second kappa shape index (κ2) is 6.59. The van der Waals surface area contributed by atoms with Crippen LogP contribution in [-0.2, 0) is 0 Å². The zero-order valence-electron chi connectivity index (χ0n) is 13.1. The molecule has 3 heteroatoms. The van der Waals surface area contributed by atoms with Crippen molar-refractivity contribution in [3.63, 3.8) is 0 Å². The molecule has 1 fully saturated rings. The average molecular weight is 277 g/mol. The number of hydrogen-bond donors (Lipinski definition) is 2. The smallest absolute Gasteiger partial charge is 0.147 e. The second-order valence-electron chi connectivity index (χ2n) is 6.11. The van der Waals surface area contributed by atoms with Gasteiger partial charge in [0.15, 0.2) is 0 Å². The van der Waals surface area contributed by atoms with Crippen molar-refractivity contribution in [2.24, 2.45) is 0 Å². The summed E-state index contributed by atoms with van der Waals surface area (Å²) in [6, 6.07) is 4.44. The minimum atomic E-state index is -0.241. The van der Waals surface area contributed by atoms with Gasteiger partial charge in [-0.05, 0) is 51.7 Å². The molecule has 1 aliphatic rings. The zero-order chi connectivity index (χ0) is 14.7. The Hall–Kier alpha value is -1.06. The maximum absolute atomic E-state index is 10.0. The van der Waals surface area contributed by atoms with Crippen molar-refractivity contribution in [1.29, 1.82) is 0 Å². The lowest BCUT2D eigenvalue weighted by Crippen LogP contribution is -2.48. The summed E-state index contributed by atoms with van der Waals surface area (Å²) >= 11 is 0. The molecule has 2 N–H and O–H groups in total. The van der Waals surface area contributed by atoms with E-state index in [4.69, 9.17) is 4.74 Å². The van der Waals surface area contributed by atoms with Crippen LogP contribution in [0.2, 0.25) is 0 Å². The van der Waals surface area contributed by atoms with E-state index < -0.39 is 0 Å². The molecule has 0 aliphatic heterocycles. The van der Waals surface area contributed by atoms with Crippen LogP contribution in [0.3, 0.4) is 0 Å². The van der Waals surface area contributed by atoms with Crippen molar-refractivity contribution in [2.75, 3.05) is 0 Å². The molecule has 1 aliphatic carbocycles. The molecule has 0 heterocycles. The fourth-order valence-electron chi connectivity index (χ4n) is 3.17. The molecule has 0 radical (unpaired) electrons. The minimum Gasteiger partial charge on any atom is -0.475 e. The fourth-order valence-corrected chi connectivity index (χ4v) is 3.17.